The second-order valence-corrected chi connectivity index (χ2v) is 12.8. The van der Waals surface area contributed by atoms with Crippen LogP contribution in [0, 0.1) is 0 Å². The molecule has 0 amide bonds. The zero-order valence-corrected chi connectivity index (χ0v) is 27.0. The fraction of sp³-hybridized carbons (Fsp3) is 0.0638. The van der Waals surface area contributed by atoms with Crippen LogP contribution in [0.25, 0.3) is 82.0 Å². The molecule has 0 fully saturated rings. The summed E-state index contributed by atoms with van der Waals surface area (Å²) in [6, 6.07) is 54.3. The Morgan fingerprint density at radius 1 is 0.479 bits per heavy atom. The molecular weight excluding hydrogens is 579 g/mol. The molecule has 0 radical (unpaired) electrons. The molecule has 1 aliphatic rings. The summed E-state index contributed by atoms with van der Waals surface area (Å²) in [5.41, 5.74) is 11.4. The molecule has 0 aliphatic carbocycles. The van der Waals surface area contributed by atoms with E-state index in [0.717, 1.165) is 13.0 Å². The van der Waals surface area contributed by atoms with Crippen LogP contribution in [0.4, 0.5) is 0 Å². The quantitative estimate of drug-likeness (QED) is 0.190. The molecule has 1 heteroatoms. The van der Waals surface area contributed by atoms with Gasteiger partial charge in [0.05, 0.1) is 0 Å². The van der Waals surface area contributed by atoms with Gasteiger partial charge in [-0.2, -0.15) is 0 Å². The van der Waals surface area contributed by atoms with E-state index in [1.54, 1.807) is 0 Å². The highest BCUT2D eigenvalue weighted by molar-refractivity contribution is 6.24. The monoisotopic (exact) mass is 613 g/mol. The Kier molecular flexibility index (Phi) is 6.91. The Bertz CT molecular complexity index is 2540. The number of benzene rings is 8. The molecule has 0 saturated carbocycles. The average molecular weight is 614 g/mol. The maximum Gasteiger partial charge on any atom is 0.0328 e. The predicted molar refractivity (Wildman–Crippen MR) is 207 cm³/mol. The summed E-state index contributed by atoms with van der Waals surface area (Å²) in [5.74, 6) is 0. The summed E-state index contributed by atoms with van der Waals surface area (Å²) in [5, 5.41) is 13.6. The van der Waals surface area contributed by atoms with Gasteiger partial charge < -0.3 is 5.32 Å². The Balaban J connectivity index is 1.28. The van der Waals surface area contributed by atoms with Gasteiger partial charge in [-0.05, 0) is 112 Å². The molecule has 8 aromatic carbocycles. The third-order valence-electron chi connectivity index (χ3n) is 10.0. The minimum absolute atomic E-state index is 0.877. The molecule has 8 aromatic rings. The summed E-state index contributed by atoms with van der Waals surface area (Å²) in [6.07, 6.45) is 7.54. The van der Waals surface area contributed by atoms with Gasteiger partial charge in [0.15, 0.2) is 0 Å². The van der Waals surface area contributed by atoms with E-state index in [1.165, 1.54) is 93.2 Å². The lowest BCUT2D eigenvalue weighted by Gasteiger charge is -2.20. The molecule has 228 valence electrons. The van der Waals surface area contributed by atoms with Gasteiger partial charge in [0, 0.05) is 12.7 Å². The second-order valence-electron chi connectivity index (χ2n) is 12.8. The van der Waals surface area contributed by atoms with Gasteiger partial charge in [-0.15, -0.1) is 0 Å². The zero-order chi connectivity index (χ0) is 32.0. The van der Waals surface area contributed by atoms with Crippen molar-refractivity contribution in [3.8, 4) is 33.4 Å². The first-order valence-electron chi connectivity index (χ1n) is 17.0. The van der Waals surface area contributed by atoms with Crippen molar-refractivity contribution in [1.29, 1.82) is 0 Å². The number of fused-ring (bicyclic) bond motifs is 4. The van der Waals surface area contributed by atoms with Gasteiger partial charge in [0.1, 0.15) is 0 Å². The summed E-state index contributed by atoms with van der Waals surface area (Å²) >= 11 is 0. The zero-order valence-electron chi connectivity index (χ0n) is 27.0. The molecular formula is C47H35N. The van der Waals surface area contributed by atoms with Crippen molar-refractivity contribution in [2.75, 3.05) is 6.54 Å². The van der Waals surface area contributed by atoms with E-state index in [-0.39, 0.29) is 0 Å². The largest absolute Gasteiger partial charge is 0.387 e. The topological polar surface area (TPSA) is 12.0 Å². The smallest absolute Gasteiger partial charge is 0.0328 e. The van der Waals surface area contributed by atoms with E-state index in [0.29, 0.717) is 0 Å². The van der Waals surface area contributed by atoms with Crippen molar-refractivity contribution in [2.45, 2.75) is 13.3 Å². The molecule has 0 spiro atoms. The first-order valence-corrected chi connectivity index (χ1v) is 17.0. The lowest BCUT2D eigenvalue weighted by Crippen LogP contribution is -2.08. The van der Waals surface area contributed by atoms with Crippen molar-refractivity contribution in [1.82, 2.24) is 5.32 Å². The standard InChI is InChI=1S/C47H35N/c1-2-31-20-21-34-29-36(23-22-33(34)27-31)46-41-16-5-7-18-43(41)47(44-19-8-6-17-42(44)46)45-25-24-38(39-14-3-4-15-40(39)45)35-12-9-11-32(28-35)37-13-10-26-48-30-37/h3-25,27-30,48H,2,26H2,1H3. The molecule has 0 unspecified atom stereocenters. The lowest BCUT2D eigenvalue weighted by atomic mass is 9.83. The Morgan fingerprint density at radius 2 is 1.08 bits per heavy atom. The minimum Gasteiger partial charge on any atom is -0.387 e. The lowest BCUT2D eigenvalue weighted by molar-refractivity contribution is 0.976. The van der Waals surface area contributed by atoms with Crippen molar-refractivity contribution in [3.63, 3.8) is 0 Å². The number of hydrogen-bond acceptors (Lipinski definition) is 1. The van der Waals surface area contributed by atoms with Crippen molar-refractivity contribution >= 4 is 48.7 Å². The first-order chi connectivity index (χ1) is 23.8. The highest BCUT2D eigenvalue weighted by atomic mass is 14.8. The van der Waals surface area contributed by atoms with Crippen LogP contribution in [0.5, 0.6) is 0 Å². The Labute approximate surface area is 281 Å². The normalized spacial score (nSPS) is 12.9. The maximum atomic E-state index is 3.35. The Hall–Kier alpha value is -5.92. The molecule has 9 rings (SSSR count). The van der Waals surface area contributed by atoms with Crippen LogP contribution in [0.15, 0.2) is 164 Å². The van der Waals surface area contributed by atoms with Crippen LogP contribution in [0.3, 0.4) is 0 Å². The highest BCUT2D eigenvalue weighted by Gasteiger charge is 2.19. The molecule has 0 saturated heterocycles. The number of aryl methyl sites for hydroxylation is 1. The van der Waals surface area contributed by atoms with Crippen LogP contribution >= 0.6 is 0 Å². The molecule has 0 atom stereocenters. The summed E-state index contributed by atoms with van der Waals surface area (Å²) in [7, 11) is 0. The number of dihydropyridines is 1. The highest BCUT2D eigenvalue weighted by Crippen LogP contribution is 2.46. The molecule has 0 aromatic heterocycles. The molecule has 1 N–H and O–H groups in total. The third-order valence-corrected chi connectivity index (χ3v) is 10.0. The van der Waals surface area contributed by atoms with Crippen molar-refractivity contribution < 1.29 is 0 Å². The van der Waals surface area contributed by atoms with E-state index >= 15 is 0 Å². The minimum atomic E-state index is 0.877. The molecule has 48 heavy (non-hydrogen) atoms. The van der Waals surface area contributed by atoms with Gasteiger partial charge >= 0.3 is 0 Å². The number of rotatable bonds is 5. The predicted octanol–water partition coefficient (Wildman–Crippen LogP) is 12.4. The van der Waals surface area contributed by atoms with Crippen LogP contribution in [-0.2, 0) is 6.42 Å². The van der Waals surface area contributed by atoms with E-state index in [4.69, 9.17) is 0 Å². The van der Waals surface area contributed by atoms with Crippen molar-refractivity contribution in [2.24, 2.45) is 0 Å². The molecule has 1 nitrogen and oxygen atoms in total. The molecule has 0 bridgehead atoms. The van der Waals surface area contributed by atoms with E-state index in [9.17, 15) is 0 Å². The SMILES string of the molecule is CCc1ccc2cc(-c3c4ccccc4c(-c4ccc(-c5cccc(C6=CNCC=C6)c5)c5ccccc45)c4ccccc34)ccc2c1. The average Bonchev–Trinajstić information content (AvgIpc) is 3.16. The summed E-state index contributed by atoms with van der Waals surface area (Å²) in [6.45, 7) is 3.09. The van der Waals surface area contributed by atoms with Crippen molar-refractivity contribution in [3.05, 3.63) is 175 Å². The molecule has 1 aliphatic heterocycles. The maximum absolute atomic E-state index is 3.35. The third kappa shape index (κ3) is 4.70. The number of nitrogens with one attached hydrogen (secondary N) is 1. The fourth-order valence-electron chi connectivity index (χ4n) is 7.69. The van der Waals surface area contributed by atoms with E-state index in [1.807, 2.05) is 0 Å². The van der Waals surface area contributed by atoms with Gasteiger partial charge in [-0.1, -0.05) is 153 Å². The van der Waals surface area contributed by atoms with Crippen LogP contribution in [0.2, 0.25) is 0 Å². The van der Waals surface area contributed by atoms with Gasteiger partial charge in [0.2, 0.25) is 0 Å². The second kappa shape index (κ2) is 11.7. The van der Waals surface area contributed by atoms with Crippen LogP contribution in [-0.4, -0.2) is 6.54 Å². The van der Waals surface area contributed by atoms with E-state index in [2.05, 4.69) is 176 Å². The first kappa shape index (κ1) is 28.3. The number of hydrogen-bond donors (Lipinski definition) is 1. The summed E-state index contributed by atoms with van der Waals surface area (Å²) in [4.78, 5) is 0. The van der Waals surface area contributed by atoms with E-state index < -0.39 is 0 Å². The van der Waals surface area contributed by atoms with Gasteiger partial charge in [-0.3, -0.25) is 0 Å². The van der Waals surface area contributed by atoms with Crippen LogP contribution < -0.4 is 5.32 Å². The summed E-state index contributed by atoms with van der Waals surface area (Å²) < 4.78 is 0. The molecule has 1 heterocycles. The van der Waals surface area contributed by atoms with Crippen LogP contribution in [0.1, 0.15) is 18.1 Å². The fourth-order valence-corrected chi connectivity index (χ4v) is 7.69. The number of allylic oxidation sites excluding steroid dienone is 2. The Morgan fingerprint density at radius 3 is 1.77 bits per heavy atom. The van der Waals surface area contributed by atoms with Gasteiger partial charge in [0.25, 0.3) is 0 Å². The van der Waals surface area contributed by atoms with Gasteiger partial charge in [-0.25, -0.2) is 0 Å².